The molecule has 1 aliphatic heterocycles. The van der Waals surface area contributed by atoms with Crippen molar-refractivity contribution in [2.75, 3.05) is 18.4 Å². The van der Waals surface area contributed by atoms with Crippen molar-refractivity contribution < 1.29 is 9.18 Å². The third-order valence-corrected chi connectivity index (χ3v) is 5.03. The van der Waals surface area contributed by atoms with E-state index >= 15 is 0 Å². The van der Waals surface area contributed by atoms with Gasteiger partial charge < -0.3 is 5.32 Å². The number of amides is 1. The molecule has 25 heavy (non-hydrogen) atoms. The molecular weight excluding hydrogens is 319 g/mol. The van der Waals surface area contributed by atoms with Crippen LogP contribution >= 0.6 is 0 Å². The second kappa shape index (κ2) is 7.78. The van der Waals surface area contributed by atoms with E-state index in [0.29, 0.717) is 0 Å². The molecule has 1 aromatic heterocycles. The van der Waals surface area contributed by atoms with E-state index < -0.39 is 0 Å². The van der Waals surface area contributed by atoms with Crippen molar-refractivity contribution in [1.29, 1.82) is 0 Å². The molecule has 1 atom stereocenters. The minimum Gasteiger partial charge on any atom is -0.323 e. The lowest BCUT2D eigenvalue weighted by Gasteiger charge is -2.35. The Kier molecular flexibility index (Phi) is 5.48. The summed E-state index contributed by atoms with van der Waals surface area (Å²) in [6.07, 6.45) is 5.20. The molecule has 134 valence electrons. The van der Waals surface area contributed by atoms with Gasteiger partial charge in [0.05, 0.1) is 11.9 Å². The van der Waals surface area contributed by atoms with Gasteiger partial charge in [-0.25, -0.2) is 4.39 Å². The van der Waals surface area contributed by atoms with Crippen molar-refractivity contribution in [3.8, 4) is 0 Å². The van der Waals surface area contributed by atoms with Crippen molar-refractivity contribution in [1.82, 2.24) is 14.7 Å². The van der Waals surface area contributed by atoms with E-state index in [9.17, 15) is 9.18 Å². The number of benzene rings is 1. The molecule has 1 fully saturated rings. The van der Waals surface area contributed by atoms with Gasteiger partial charge in [-0.15, -0.1) is 0 Å². The predicted molar refractivity (Wildman–Crippen MR) is 95.6 cm³/mol. The highest BCUT2D eigenvalue weighted by Crippen LogP contribution is 2.27. The highest BCUT2D eigenvalue weighted by atomic mass is 19.1. The van der Waals surface area contributed by atoms with Crippen molar-refractivity contribution in [2.24, 2.45) is 5.92 Å². The van der Waals surface area contributed by atoms with Gasteiger partial charge in [-0.1, -0.05) is 12.1 Å². The standard InChI is InChI=1S/C19H25FN4O/c1-3-24-13-18(12-21-24)22-19(25)16-8-10-23(11-9-16)14(2)15-4-6-17(20)7-5-15/h4-7,12-14,16H,3,8-11H2,1-2H3,(H,22,25). The van der Waals surface area contributed by atoms with Crippen molar-refractivity contribution >= 4 is 11.6 Å². The van der Waals surface area contributed by atoms with Crippen molar-refractivity contribution in [3.05, 3.63) is 48.0 Å². The molecule has 3 rings (SSSR count). The Hall–Kier alpha value is -2.21. The first-order valence-electron chi connectivity index (χ1n) is 8.89. The average molecular weight is 344 g/mol. The number of hydrogen-bond donors (Lipinski definition) is 1. The topological polar surface area (TPSA) is 50.2 Å². The van der Waals surface area contributed by atoms with E-state index in [1.54, 1.807) is 10.9 Å². The van der Waals surface area contributed by atoms with Gasteiger partial charge in [0.15, 0.2) is 0 Å². The van der Waals surface area contributed by atoms with Gasteiger partial charge in [0.1, 0.15) is 5.82 Å². The molecule has 2 aromatic rings. The molecule has 1 aliphatic rings. The zero-order valence-electron chi connectivity index (χ0n) is 14.8. The number of nitrogens with one attached hydrogen (secondary N) is 1. The van der Waals surface area contributed by atoms with Crippen molar-refractivity contribution in [3.63, 3.8) is 0 Å². The molecule has 0 aliphatic carbocycles. The highest BCUT2D eigenvalue weighted by Gasteiger charge is 2.27. The molecule has 0 saturated carbocycles. The molecule has 0 spiro atoms. The SMILES string of the molecule is CCn1cc(NC(=O)C2CCN(C(C)c3ccc(F)cc3)CC2)cn1. The summed E-state index contributed by atoms with van der Waals surface area (Å²) in [6.45, 7) is 6.66. The smallest absolute Gasteiger partial charge is 0.227 e. The summed E-state index contributed by atoms with van der Waals surface area (Å²) in [4.78, 5) is 14.8. The lowest BCUT2D eigenvalue weighted by molar-refractivity contribution is -0.121. The Morgan fingerprint density at radius 1 is 1.32 bits per heavy atom. The Morgan fingerprint density at radius 3 is 2.60 bits per heavy atom. The Labute approximate surface area is 147 Å². The summed E-state index contributed by atoms with van der Waals surface area (Å²) in [5, 5.41) is 7.14. The number of hydrogen-bond acceptors (Lipinski definition) is 3. The zero-order valence-corrected chi connectivity index (χ0v) is 14.8. The third-order valence-electron chi connectivity index (χ3n) is 5.03. The first-order valence-corrected chi connectivity index (χ1v) is 8.89. The van der Waals surface area contributed by atoms with Gasteiger partial charge in [-0.3, -0.25) is 14.4 Å². The van der Waals surface area contributed by atoms with E-state index in [1.807, 2.05) is 25.3 Å². The normalized spacial score (nSPS) is 17.4. The van der Waals surface area contributed by atoms with Crippen LogP contribution in [0.5, 0.6) is 0 Å². The highest BCUT2D eigenvalue weighted by molar-refractivity contribution is 5.92. The van der Waals surface area contributed by atoms with Crippen LogP contribution in [0, 0.1) is 11.7 Å². The summed E-state index contributed by atoms with van der Waals surface area (Å²) in [5.41, 5.74) is 1.87. The maximum absolute atomic E-state index is 13.1. The summed E-state index contributed by atoms with van der Waals surface area (Å²) >= 11 is 0. The number of piperidine rings is 1. The van der Waals surface area contributed by atoms with Crippen LogP contribution in [-0.2, 0) is 11.3 Å². The van der Waals surface area contributed by atoms with Gasteiger partial charge in [-0.2, -0.15) is 5.10 Å². The molecule has 1 aromatic carbocycles. The molecule has 1 saturated heterocycles. The number of likely N-dealkylation sites (tertiary alicyclic amines) is 1. The predicted octanol–water partition coefficient (Wildman–Crippen LogP) is 3.45. The fourth-order valence-corrected chi connectivity index (χ4v) is 3.35. The Bertz CT molecular complexity index is 704. The Morgan fingerprint density at radius 2 is 2.00 bits per heavy atom. The van der Waals surface area contributed by atoms with Crippen LogP contribution in [0.4, 0.5) is 10.1 Å². The van der Waals surface area contributed by atoms with Crippen LogP contribution in [0.1, 0.15) is 38.3 Å². The molecule has 1 N–H and O–H groups in total. The van der Waals surface area contributed by atoms with Crippen LogP contribution in [-0.4, -0.2) is 33.7 Å². The van der Waals surface area contributed by atoms with Gasteiger partial charge in [0.25, 0.3) is 0 Å². The summed E-state index contributed by atoms with van der Waals surface area (Å²) < 4.78 is 14.9. The number of carbonyl (C=O) groups is 1. The quantitative estimate of drug-likeness (QED) is 0.904. The number of rotatable bonds is 5. The fraction of sp³-hybridized carbons (Fsp3) is 0.474. The molecule has 0 radical (unpaired) electrons. The first kappa shape index (κ1) is 17.6. The van der Waals surface area contributed by atoms with E-state index in [2.05, 4.69) is 22.2 Å². The molecule has 0 bridgehead atoms. The van der Waals surface area contributed by atoms with E-state index in [0.717, 1.165) is 43.7 Å². The van der Waals surface area contributed by atoms with E-state index in [1.165, 1.54) is 12.1 Å². The minimum absolute atomic E-state index is 0.0293. The summed E-state index contributed by atoms with van der Waals surface area (Å²) in [7, 11) is 0. The maximum Gasteiger partial charge on any atom is 0.227 e. The van der Waals surface area contributed by atoms with Gasteiger partial charge in [0.2, 0.25) is 5.91 Å². The van der Waals surface area contributed by atoms with Crippen LogP contribution in [0.15, 0.2) is 36.7 Å². The lowest BCUT2D eigenvalue weighted by Crippen LogP contribution is -2.39. The number of halogens is 1. The lowest BCUT2D eigenvalue weighted by atomic mass is 9.94. The number of aryl methyl sites for hydroxylation is 1. The molecular formula is C19H25FN4O. The van der Waals surface area contributed by atoms with Crippen LogP contribution in [0.3, 0.4) is 0 Å². The molecule has 1 unspecified atom stereocenters. The second-order valence-corrected chi connectivity index (χ2v) is 6.61. The van der Waals surface area contributed by atoms with Gasteiger partial charge >= 0.3 is 0 Å². The van der Waals surface area contributed by atoms with E-state index in [4.69, 9.17) is 0 Å². The number of aromatic nitrogens is 2. The van der Waals surface area contributed by atoms with E-state index in [-0.39, 0.29) is 23.7 Å². The summed E-state index contributed by atoms with van der Waals surface area (Å²) in [5.74, 6) is -0.107. The molecule has 1 amide bonds. The van der Waals surface area contributed by atoms with Crippen LogP contribution < -0.4 is 5.32 Å². The largest absolute Gasteiger partial charge is 0.323 e. The molecule has 2 heterocycles. The molecule has 6 heteroatoms. The zero-order chi connectivity index (χ0) is 17.8. The van der Waals surface area contributed by atoms with Crippen LogP contribution in [0.2, 0.25) is 0 Å². The maximum atomic E-state index is 13.1. The summed E-state index contributed by atoms with van der Waals surface area (Å²) in [6, 6.07) is 6.91. The molecule has 5 nitrogen and oxygen atoms in total. The fourth-order valence-electron chi connectivity index (χ4n) is 3.35. The third kappa shape index (κ3) is 4.25. The average Bonchev–Trinajstić information content (AvgIpc) is 3.09. The minimum atomic E-state index is -0.210. The number of carbonyl (C=O) groups excluding carboxylic acids is 1. The monoisotopic (exact) mass is 344 g/mol. The number of anilines is 1. The van der Waals surface area contributed by atoms with Crippen molar-refractivity contribution in [2.45, 2.75) is 39.3 Å². The van der Waals surface area contributed by atoms with Gasteiger partial charge in [-0.05, 0) is 57.5 Å². The van der Waals surface area contributed by atoms with Crippen LogP contribution in [0.25, 0.3) is 0 Å². The first-order chi connectivity index (χ1) is 12.1. The second-order valence-electron chi connectivity index (χ2n) is 6.61. The Balaban J connectivity index is 1.52. The van der Waals surface area contributed by atoms with Gasteiger partial charge in [0, 0.05) is 24.7 Å². The number of nitrogens with zero attached hydrogens (tertiary/aromatic N) is 3.